The Balaban J connectivity index is 1.76. The summed E-state index contributed by atoms with van der Waals surface area (Å²) in [5, 5.41) is 6.97. The van der Waals surface area contributed by atoms with Gasteiger partial charge in [0, 0.05) is 30.4 Å². The molecule has 0 aliphatic carbocycles. The molecule has 29 heavy (non-hydrogen) atoms. The minimum Gasteiger partial charge on any atom is -0.380 e. The van der Waals surface area contributed by atoms with E-state index < -0.39 is 0 Å². The second-order valence-corrected chi connectivity index (χ2v) is 7.70. The molecule has 0 radical (unpaired) electrons. The number of para-hydroxylation sites is 1. The van der Waals surface area contributed by atoms with E-state index in [-0.39, 0.29) is 17.5 Å². The van der Waals surface area contributed by atoms with E-state index in [0.29, 0.717) is 40.2 Å². The van der Waals surface area contributed by atoms with Crippen molar-refractivity contribution < 1.29 is 4.79 Å². The molecule has 3 rings (SSSR count). The number of hydrogen-bond acceptors (Lipinski definition) is 4. The van der Waals surface area contributed by atoms with Crippen molar-refractivity contribution in [3.8, 4) is 0 Å². The molecule has 1 aromatic heterocycles. The number of H-pyrrole nitrogens is 1. The largest absolute Gasteiger partial charge is 0.380 e. The molecule has 1 amide bonds. The first-order valence-electron chi connectivity index (χ1n) is 9.77. The van der Waals surface area contributed by atoms with Crippen LogP contribution in [0.1, 0.15) is 31.1 Å². The smallest absolute Gasteiger partial charge is 0.262 e. The van der Waals surface area contributed by atoms with E-state index in [0.717, 1.165) is 5.69 Å². The highest BCUT2D eigenvalue weighted by atomic mass is 32.1. The number of nitrogens with zero attached hydrogens (tertiary/aromatic N) is 1. The van der Waals surface area contributed by atoms with Crippen molar-refractivity contribution in [1.82, 2.24) is 14.9 Å². The van der Waals surface area contributed by atoms with Crippen molar-refractivity contribution in [3.05, 3.63) is 69.2 Å². The lowest BCUT2D eigenvalue weighted by Gasteiger charge is -2.24. The Labute approximate surface area is 175 Å². The molecule has 7 heteroatoms. The molecule has 152 valence electrons. The predicted octanol–water partition coefficient (Wildman–Crippen LogP) is 3.95. The standard InChI is InChI=1S/C22H26N4O2S/c1-4-26-21(28)17-11-10-15(12-18(17)25-22(26)29)20(27)23-13-19(14(2)3)24-16-8-6-5-7-9-16/h5-12,14,19,24H,4,13H2,1-3H3,(H,23,27)(H,25,29). The third-order valence-electron chi connectivity index (χ3n) is 4.97. The Morgan fingerprint density at radius 2 is 1.90 bits per heavy atom. The van der Waals surface area contributed by atoms with Gasteiger partial charge in [-0.2, -0.15) is 0 Å². The van der Waals surface area contributed by atoms with Gasteiger partial charge in [0.2, 0.25) is 0 Å². The molecule has 0 saturated heterocycles. The number of carbonyl (C=O) groups is 1. The van der Waals surface area contributed by atoms with Crippen LogP contribution < -0.4 is 16.2 Å². The number of fused-ring (bicyclic) bond motifs is 1. The summed E-state index contributed by atoms with van der Waals surface area (Å²) in [4.78, 5) is 28.2. The van der Waals surface area contributed by atoms with Crippen LogP contribution in [0.5, 0.6) is 0 Å². The van der Waals surface area contributed by atoms with E-state index in [9.17, 15) is 9.59 Å². The summed E-state index contributed by atoms with van der Waals surface area (Å²) in [5.41, 5.74) is 1.93. The number of nitrogens with one attached hydrogen (secondary N) is 3. The highest BCUT2D eigenvalue weighted by molar-refractivity contribution is 7.71. The van der Waals surface area contributed by atoms with Gasteiger partial charge in [-0.05, 0) is 55.4 Å². The van der Waals surface area contributed by atoms with Crippen molar-refractivity contribution in [3.63, 3.8) is 0 Å². The number of benzene rings is 2. The maximum Gasteiger partial charge on any atom is 0.262 e. The monoisotopic (exact) mass is 410 g/mol. The summed E-state index contributed by atoms with van der Waals surface area (Å²) in [6, 6.07) is 15.0. The second kappa shape index (κ2) is 9.05. The molecule has 1 unspecified atom stereocenters. The lowest BCUT2D eigenvalue weighted by Crippen LogP contribution is -2.39. The third kappa shape index (κ3) is 4.74. The zero-order chi connectivity index (χ0) is 21.0. The van der Waals surface area contributed by atoms with E-state index in [1.165, 1.54) is 4.57 Å². The van der Waals surface area contributed by atoms with E-state index in [2.05, 4.69) is 29.5 Å². The number of aromatic nitrogens is 2. The zero-order valence-corrected chi connectivity index (χ0v) is 17.7. The fourth-order valence-electron chi connectivity index (χ4n) is 3.19. The van der Waals surface area contributed by atoms with E-state index >= 15 is 0 Å². The van der Waals surface area contributed by atoms with Crippen molar-refractivity contribution in [2.24, 2.45) is 5.92 Å². The van der Waals surface area contributed by atoms with Gasteiger partial charge in [-0.3, -0.25) is 14.2 Å². The molecule has 0 saturated carbocycles. The summed E-state index contributed by atoms with van der Waals surface area (Å²) in [6.45, 7) is 7.07. The molecule has 0 aliphatic heterocycles. The van der Waals surface area contributed by atoms with Crippen LogP contribution in [0.3, 0.4) is 0 Å². The van der Waals surface area contributed by atoms with Crippen LogP contribution in [-0.2, 0) is 6.54 Å². The molecule has 0 spiro atoms. The normalized spacial score (nSPS) is 12.1. The van der Waals surface area contributed by atoms with Gasteiger partial charge in [0.05, 0.1) is 10.9 Å². The topological polar surface area (TPSA) is 78.9 Å². The molecular weight excluding hydrogens is 384 g/mol. The predicted molar refractivity (Wildman–Crippen MR) is 120 cm³/mol. The van der Waals surface area contributed by atoms with Crippen molar-refractivity contribution >= 4 is 34.7 Å². The molecule has 0 fully saturated rings. The second-order valence-electron chi connectivity index (χ2n) is 7.31. The van der Waals surface area contributed by atoms with Crippen LogP contribution in [0.4, 0.5) is 5.69 Å². The molecule has 1 heterocycles. The maximum absolute atomic E-state index is 12.7. The summed E-state index contributed by atoms with van der Waals surface area (Å²) in [6.07, 6.45) is 0. The number of carbonyl (C=O) groups excluding carboxylic acids is 1. The SMILES string of the molecule is CCn1c(=S)[nH]c2cc(C(=O)NCC(Nc3ccccc3)C(C)C)ccc2c1=O. The van der Waals surface area contributed by atoms with E-state index in [4.69, 9.17) is 12.2 Å². The van der Waals surface area contributed by atoms with Crippen LogP contribution >= 0.6 is 12.2 Å². The number of anilines is 1. The average molecular weight is 411 g/mol. The van der Waals surface area contributed by atoms with Crippen LogP contribution in [0.2, 0.25) is 0 Å². The lowest BCUT2D eigenvalue weighted by molar-refractivity contribution is 0.0950. The van der Waals surface area contributed by atoms with Crippen LogP contribution in [0.15, 0.2) is 53.3 Å². The molecule has 1 atom stereocenters. The minimum atomic E-state index is -0.189. The van der Waals surface area contributed by atoms with Crippen LogP contribution in [0, 0.1) is 10.7 Å². The minimum absolute atomic E-state index is 0.0874. The fraction of sp³-hybridized carbons (Fsp3) is 0.318. The Kier molecular flexibility index (Phi) is 6.49. The molecular formula is C22H26N4O2S. The van der Waals surface area contributed by atoms with E-state index in [1.54, 1.807) is 18.2 Å². The van der Waals surface area contributed by atoms with Crippen LogP contribution in [-0.4, -0.2) is 28.0 Å². The summed E-state index contributed by atoms with van der Waals surface area (Å²) >= 11 is 5.25. The zero-order valence-electron chi connectivity index (χ0n) is 16.9. The van der Waals surface area contributed by atoms with Gasteiger partial charge in [-0.15, -0.1) is 0 Å². The van der Waals surface area contributed by atoms with Crippen LogP contribution in [0.25, 0.3) is 10.9 Å². The van der Waals surface area contributed by atoms with E-state index in [1.807, 2.05) is 37.3 Å². The first kappa shape index (κ1) is 20.8. The third-order valence-corrected chi connectivity index (χ3v) is 5.30. The van der Waals surface area contributed by atoms with Gasteiger partial charge in [0.15, 0.2) is 4.77 Å². The summed E-state index contributed by atoms with van der Waals surface area (Å²) in [5.74, 6) is 0.141. The molecule has 0 aliphatic rings. The number of aromatic amines is 1. The first-order valence-corrected chi connectivity index (χ1v) is 10.2. The van der Waals surface area contributed by atoms with Gasteiger partial charge in [0.1, 0.15) is 0 Å². The van der Waals surface area contributed by atoms with Gasteiger partial charge < -0.3 is 15.6 Å². The highest BCUT2D eigenvalue weighted by Gasteiger charge is 2.16. The van der Waals surface area contributed by atoms with Gasteiger partial charge in [-0.1, -0.05) is 32.0 Å². The first-order chi connectivity index (χ1) is 13.9. The lowest BCUT2D eigenvalue weighted by atomic mass is 10.0. The number of hydrogen-bond donors (Lipinski definition) is 3. The molecule has 3 aromatic rings. The fourth-order valence-corrected chi connectivity index (χ4v) is 3.51. The summed E-state index contributed by atoms with van der Waals surface area (Å²) < 4.78 is 1.86. The average Bonchev–Trinajstić information content (AvgIpc) is 2.71. The van der Waals surface area contributed by atoms with Crippen molar-refractivity contribution in [2.45, 2.75) is 33.4 Å². The number of amides is 1. The summed E-state index contributed by atoms with van der Waals surface area (Å²) in [7, 11) is 0. The Morgan fingerprint density at radius 3 is 2.55 bits per heavy atom. The molecule has 0 bridgehead atoms. The van der Waals surface area contributed by atoms with Gasteiger partial charge >= 0.3 is 0 Å². The molecule has 6 nitrogen and oxygen atoms in total. The van der Waals surface area contributed by atoms with Crippen molar-refractivity contribution in [2.75, 3.05) is 11.9 Å². The quantitative estimate of drug-likeness (QED) is 0.516. The maximum atomic E-state index is 12.7. The Morgan fingerprint density at radius 1 is 1.17 bits per heavy atom. The van der Waals surface area contributed by atoms with Gasteiger partial charge in [0.25, 0.3) is 11.5 Å². The molecule has 3 N–H and O–H groups in total. The Hall–Kier alpha value is -2.93. The molecule has 2 aromatic carbocycles. The number of rotatable bonds is 7. The van der Waals surface area contributed by atoms with Gasteiger partial charge in [-0.25, -0.2) is 0 Å². The highest BCUT2D eigenvalue weighted by Crippen LogP contribution is 2.13. The Bertz CT molecular complexity index is 1120. The van der Waals surface area contributed by atoms with Crippen molar-refractivity contribution in [1.29, 1.82) is 0 Å².